The Labute approximate surface area is 86.3 Å². The van der Waals surface area contributed by atoms with E-state index in [4.69, 9.17) is 15.2 Å². The first-order valence-corrected chi connectivity index (χ1v) is 5.48. The maximum absolute atomic E-state index is 5.63. The zero-order valence-corrected chi connectivity index (χ0v) is 9.08. The van der Waals surface area contributed by atoms with Crippen molar-refractivity contribution in [3.05, 3.63) is 0 Å². The van der Waals surface area contributed by atoms with Gasteiger partial charge in [0.15, 0.2) is 0 Å². The summed E-state index contributed by atoms with van der Waals surface area (Å²) in [6.07, 6.45) is 1.29. The highest BCUT2D eigenvalue weighted by atomic mass is 16.5. The minimum Gasteiger partial charge on any atom is -0.380 e. The monoisotopic (exact) mass is 202 g/mol. The van der Waals surface area contributed by atoms with Crippen molar-refractivity contribution in [2.75, 3.05) is 46.0 Å². The molecule has 0 aromatic heterocycles. The zero-order valence-electron chi connectivity index (χ0n) is 9.08. The van der Waals surface area contributed by atoms with Crippen LogP contribution in [0.15, 0.2) is 0 Å². The van der Waals surface area contributed by atoms with E-state index in [0.717, 1.165) is 45.9 Å². The largest absolute Gasteiger partial charge is 0.380 e. The predicted molar refractivity (Wildman–Crippen MR) is 56.3 cm³/mol. The molecule has 1 rings (SSSR count). The average molecular weight is 202 g/mol. The molecule has 2 N–H and O–H groups in total. The Balaban J connectivity index is 2.24. The second kappa shape index (κ2) is 7.17. The summed E-state index contributed by atoms with van der Waals surface area (Å²) >= 11 is 0. The minimum atomic E-state index is 0.179. The lowest BCUT2D eigenvalue weighted by Crippen LogP contribution is -2.39. The first-order valence-electron chi connectivity index (χ1n) is 5.48. The molecule has 0 aromatic rings. The Hall–Kier alpha value is -0.160. The van der Waals surface area contributed by atoms with Crippen LogP contribution in [0.3, 0.4) is 0 Å². The van der Waals surface area contributed by atoms with Gasteiger partial charge in [-0.3, -0.25) is 4.90 Å². The number of nitrogens with zero attached hydrogens (tertiary/aromatic N) is 1. The fourth-order valence-electron chi connectivity index (χ4n) is 1.70. The van der Waals surface area contributed by atoms with Gasteiger partial charge in [-0.2, -0.15) is 0 Å². The molecule has 0 aromatic carbocycles. The van der Waals surface area contributed by atoms with E-state index in [1.54, 1.807) is 0 Å². The molecular weight excluding hydrogens is 180 g/mol. The van der Waals surface area contributed by atoms with Gasteiger partial charge < -0.3 is 15.2 Å². The molecule has 1 fully saturated rings. The van der Waals surface area contributed by atoms with E-state index in [-0.39, 0.29) is 6.10 Å². The van der Waals surface area contributed by atoms with Crippen molar-refractivity contribution in [3.8, 4) is 0 Å². The molecule has 1 heterocycles. The molecule has 4 nitrogen and oxygen atoms in total. The third-order valence-electron chi connectivity index (χ3n) is 2.44. The standard InChI is InChI=1S/C10H22N2O2/c1-2-14-10(8-11)9-12-4-3-6-13-7-5-12/h10H,2-9,11H2,1H3. The van der Waals surface area contributed by atoms with E-state index in [0.29, 0.717) is 6.54 Å². The molecule has 1 aliphatic rings. The quantitative estimate of drug-likeness (QED) is 0.685. The highest BCUT2D eigenvalue weighted by molar-refractivity contribution is 4.68. The Morgan fingerprint density at radius 1 is 1.43 bits per heavy atom. The van der Waals surface area contributed by atoms with Crippen molar-refractivity contribution in [2.24, 2.45) is 5.73 Å². The molecule has 14 heavy (non-hydrogen) atoms. The molecule has 0 radical (unpaired) electrons. The van der Waals surface area contributed by atoms with Gasteiger partial charge in [0, 0.05) is 39.4 Å². The maximum atomic E-state index is 5.63. The van der Waals surface area contributed by atoms with E-state index < -0.39 is 0 Å². The molecule has 1 aliphatic heterocycles. The molecule has 1 unspecified atom stereocenters. The second-order valence-electron chi connectivity index (χ2n) is 3.58. The van der Waals surface area contributed by atoms with E-state index in [2.05, 4.69) is 4.90 Å². The topological polar surface area (TPSA) is 47.7 Å². The molecule has 0 bridgehead atoms. The van der Waals surface area contributed by atoms with Gasteiger partial charge in [0.1, 0.15) is 0 Å². The number of hydrogen-bond acceptors (Lipinski definition) is 4. The maximum Gasteiger partial charge on any atom is 0.0823 e. The Kier molecular flexibility index (Phi) is 6.10. The summed E-state index contributed by atoms with van der Waals surface area (Å²) in [5, 5.41) is 0. The van der Waals surface area contributed by atoms with Gasteiger partial charge in [0.25, 0.3) is 0 Å². The first kappa shape index (κ1) is 11.9. The molecule has 0 spiro atoms. The van der Waals surface area contributed by atoms with Crippen molar-refractivity contribution in [3.63, 3.8) is 0 Å². The Morgan fingerprint density at radius 3 is 3.00 bits per heavy atom. The lowest BCUT2D eigenvalue weighted by molar-refractivity contribution is 0.0382. The van der Waals surface area contributed by atoms with Crippen molar-refractivity contribution in [1.29, 1.82) is 0 Å². The third-order valence-corrected chi connectivity index (χ3v) is 2.44. The van der Waals surface area contributed by atoms with Gasteiger partial charge in [0.2, 0.25) is 0 Å². The molecule has 84 valence electrons. The predicted octanol–water partition coefficient (Wildman–Crippen LogP) is 0.0725. The molecule has 0 saturated carbocycles. The van der Waals surface area contributed by atoms with Crippen LogP contribution in [0.25, 0.3) is 0 Å². The van der Waals surface area contributed by atoms with Crippen LogP contribution in [-0.4, -0.2) is 57.0 Å². The normalized spacial score (nSPS) is 21.9. The second-order valence-corrected chi connectivity index (χ2v) is 3.58. The number of hydrogen-bond donors (Lipinski definition) is 1. The van der Waals surface area contributed by atoms with E-state index in [1.807, 2.05) is 6.92 Å². The lowest BCUT2D eigenvalue weighted by Gasteiger charge is -2.24. The van der Waals surface area contributed by atoms with Crippen molar-refractivity contribution in [2.45, 2.75) is 19.4 Å². The fraction of sp³-hybridized carbons (Fsp3) is 1.00. The van der Waals surface area contributed by atoms with Gasteiger partial charge in [-0.25, -0.2) is 0 Å². The molecule has 4 heteroatoms. The van der Waals surface area contributed by atoms with E-state index in [9.17, 15) is 0 Å². The summed E-state index contributed by atoms with van der Waals surface area (Å²) in [7, 11) is 0. The van der Waals surface area contributed by atoms with Gasteiger partial charge in [0.05, 0.1) is 12.7 Å². The number of ether oxygens (including phenoxy) is 2. The summed E-state index contributed by atoms with van der Waals surface area (Å²) in [5.74, 6) is 0. The zero-order chi connectivity index (χ0) is 10.2. The van der Waals surface area contributed by atoms with Crippen molar-refractivity contribution in [1.82, 2.24) is 4.90 Å². The van der Waals surface area contributed by atoms with Crippen LogP contribution in [0.4, 0.5) is 0 Å². The van der Waals surface area contributed by atoms with Crippen molar-refractivity contribution >= 4 is 0 Å². The van der Waals surface area contributed by atoms with Crippen LogP contribution in [0, 0.1) is 0 Å². The van der Waals surface area contributed by atoms with Crippen LogP contribution in [0.2, 0.25) is 0 Å². The SMILES string of the molecule is CCOC(CN)CN1CCCOCC1. The van der Waals surface area contributed by atoms with Gasteiger partial charge in [-0.05, 0) is 13.3 Å². The molecule has 0 amide bonds. The molecule has 1 saturated heterocycles. The molecule has 0 aliphatic carbocycles. The van der Waals surface area contributed by atoms with Crippen LogP contribution >= 0.6 is 0 Å². The van der Waals surface area contributed by atoms with Crippen LogP contribution in [0.5, 0.6) is 0 Å². The van der Waals surface area contributed by atoms with E-state index in [1.165, 1.54) is 0 Å². The van der Waals surface area contributed by atoms with Gasteiger partial charge in [-0.1, -0.05) is 0 Å². The van der Waals surface area contributed by atoms with Gasteiger partial charge in [-0.15, -0.1) is 0 Å². The smallest absolute Gasteiger partial charge is 0.0823 e. The highest BCUT2D eigenvalue weighted by Crippen LogP contribution is 2.02. The minimum absolute atomic E-state index is 0.179. The molecular formula is C10H22N2O2. The lowest BCUT2D eigenvalue weighted by atomic mass is 10.3. The first-order chi connectivity index (χ1) is 6.86. The number of nitrogens with two attached hydrogens (primary N) is 1. The summed E-state index contributed by atoms with van der Waals surface area (Å²) in [4.78, 5) is 2.38. The Morgan fingerprint density at radius 2 is 2.29 bits per heavy atom. The van der Waals surface area contributed by atoms with Crippen molar-refractivity contribution < 1.29 is 9.47 Å². The highest BCUT2D eigenvalue weighted by Gasteiger charge is 2.14. The summed E-state index contributed by atoms with van der Waals surface area (Å²) in [5.41, 5.74) is 5.63. The summed E-state index contributed by atoms with van der Waals surface area (Å²) < 4.78 is 10.9. The van der Waals surface area contributed by atoms with E-state index >= 15 is 0 Å². The van der Waals surface area contributed by atoms with Crippen LogP contribution in [-0.2, 0) is 9.47 Å². The fourth-order valence-corrected chi connectivity index (χ4v) is 1.70. The number of rotatable bonds is 5. The van der Waals surface area contributed by atoms with Crippen LogP contribution < -0.4 is 5.73 Å². The Bertz CT molecular complexity index is 136. The summed E-state index contributed by atoms with van der Waals surface area (Å²) in [6.45, 7) is 8.12. The van der Waals surface area contributed by atoms with Gasteiger partial charge >= 0.3 is 0 Å². The third kappa shape index (κ3) is 4.37. The summed E-state index contributed by atoms with van der Waals surface area (Å²) in [6, 6.07) is 0. The van der Waals surface area contributed by atoms with Crippen LogP contribution in [0.1, 0.15) is 13.3 Å². The average Bonchev–Trinajstić information content (AvgIpc) is 2.45. The molecule has 1 atom stereocenters.